The van der Waals surface area contributed by atoms with Crippen LogP contribution in [-0.2, 0) is 6.42 Å². The topological polar surface area (TPSA) is 56.6 Å². The Labute approximate surface area is 143 Å². The molecule has 24 heavy (non-hydrogen) atoms. The largest absolute Gasteiger partial charge is 0.324 e. The number of aryl methyl sites for hydroxylation is 1. The zero-order valence-electron chi connectivity index (χ0n) is 14.5. The predicted octanol–water partition coefficient (Wildman–Crippen LogP) is 4.83. The van der Waals surface area contributed by atoms with Crippen LogP contribution in [0.5, 0.6) is 0 Å². The Morgan fingerprint density at radius 3 is 2.71 bits per heavy atom. The Morgan fingerprint density at radius 2 is 2.04 bits per heavy atom. The first-order chi connectivity index (χ1) is 11.7. The molecule has 1 aromatic carbocycles. The second kappa shape index (κ2) is 7.05. The number of pyridine rings is 1. The lowest BCUT2D eigenvalue weighted by Crippen LogP contribution is -2.22. The van der Waals surface area contributed by atoms with E-state index in [1.807, 2.05) is 31.2 Å². The number of rotatable bonds is 4. The maximum atomic E-state index is 12.5. The molecule has 3 rings (SSSR count). The van der Waals surface area contributed by atoms with Crippen molar-refractivity contribution in [3.63, 3.8) is 0 Å². The minimum absolute atomic E-state index is 0.241. The summed E-state index contributed by atoms with van der Waals surface area (Å²) in [6.07, 6.45) is 6.63. The fourth-order valence-corrected chi connectivity index (χ4v) is 3.82. The summed E-state index contributed by atoms with van der Waals surface area (Å²) >= 11 is 0. The average Bonchev–Trinajstić information content (AvgIpc) is 2.59. The van der Waals surface area contributed by atoms with Gasteiger partial charge in [-0.15, -0.1) is 0 Å². The molecule has 1 aliphatic carbocycles. The first-order valence-electron chi connectivity index (χ1n) is 8.91. The summed E-state index contributed by atoms with van der Waals surface area (Å²) in [5.74, 6) is 0.415. The summed E-state index contributed by atoms with van der Waals surface area (Å²) in [6.45, 7) is 4.24. The van der Waals surface area contributed by atoms with E-state index in [-0.39, 0.29) is 11.1 Å². The van der Waals surface area contributed by atoms with Gasteiger partial charge in [-0.1, -0.05) is 49.6 Å². The van der Waals surface area contributed by atoms with Crippen molar-refractivity contribution in [3.8, 4) is 17.2 Å². The van der Waals surface area contributed by atoms with Gasteiger partial charge >= 0.3 is 0 Å². The van der Waals surface area contributed by atoms with Gasteiger partial charge in [0.15, 0.2) is 0 Å². The highest BCUT2D eigenvalue weighted by Crippen LogP contribution is 2.39. The van der Waals surface area contributed by atoms with E-state index < -0.39 is 0 Å². The molecule has 1 aliphatic rings. The van der Waals surface area contributed by atoms with Crippen molar-refractivity contribution in [3.05, 3.63) is 57.0 Å². The van der Waals surface area contributed by atoms with Crippen LogP contribution < -0.4 is 5.56 Å². The molecule has 3 nitrogen and oxygen atoms in total. The molecule has 1 aromatic heterocycles. The minimum atomic E-state index is -0.241. The zero-order chi connectivity index (χ0) is 17.1. The third kappa shape index (κ3) is 3.01. The zero-order valence-corrected chi connectivity index (χ0v) is 14.5. The van der Waals surface area contributed by atoms with Gasteiger partial charge in [0, 0.05) is 11.3 Å². The number of aromatic amines is 1. The van der Waals surface area contributed by atoms with E-state index >= 15 is 0 Å². The molecule has 124 valence electrons. The lowest BCUT2D eigenvalue weighted by Gasteiger charge is -2.27. The smallest absolute Gasteiger partial charge is 0.266 e. The molecule has 1 N–H and O–H groups in total. The van der Waals surface area contributed by atoms with Crippen molar-refractivity contribution in [2.75, 3.05) is 0 Å². The molecule has 0 amide bonds. The Bertz CT molecular complexity index is 825. The van der Waals surface area contributed by atoms with Gasteiger partial charge in [-0.2, -0.15) is 5.26 Å². The SMILES string of the molecule is CCCCC1CCCc2c1[nH]c(=O)c(C#N)c2-c1ccc(C)cc1. The number of fused-ring (bicyclic) bond motifs is 1. The fourth-order valence-electron chi connectivity index (χ4n) is 3.82. The van der Waals surface area contributed by atoms with E-state index in [4.69, 9.17) is 0 Å². The molecular weight excluding hydrogens is 296 g/mol. The van der Waals surface area contributed by atoms with Crippen molar-refractivity contribution in [2.24, 2.45) is 0 Å². The summed E-state index contributed by atoms with van der Waals surface area (Å²) in [5.41, 5.74) is 5.30. The van der Waals surface area contributed by atoms with Gasteiger partial charge in [-0.25, -0.2) is 0 Å². The lowest BCUT2D eigenvalue weighted by atomic mass is 9.79. The molecule has 1 heterocycles. The van der Waals surface area contributed by atoms with Crippen LogP contribution in [0.15, 0.2) is 29.1 Å². The van der Waals surface area contributed by atoms with Gasteiger partial charge in [0.05, 0.1) is 0 Å². The van der Waals surface area contributed by atoms with Crippen LogP contribution >= 0.6 is 0 Å². The fraction of sp³-hybridized carbons (Fsp3) is 0.429. The molecule has 3 heteroatoms. The maximum absolute atomic E-state index is 12.5. The molecule has 0 aliphatic heterocycles. The number of nitrogens with zero attached hydrogens (tertiary/aromatic N) is 1. The highest BCUT2D eigenvalue weighted by molar-refractivity contribution is 5.74. The maximum Gasteiger partial charge on any atom is 0.266 e. The van der Waals surface area contributed by atoms with Gasteiger partial charge in [-0.3, -0.25) is 4.79 Å². The third-order valence-electron chi connectivity index (χ3n) is 5.10. The average molecular weight is 320 g/mol. The standard InChI is InChI=1S/C21H24N2O/c1-3-4-6-16-7-5-8-17-19(15-11-9-14(2)10-12-15)18(13-22)21(24)23-20(16)17/h9-12,16H,3-8H2,1-2H3,(H,23,24). The summed E-state index contributed by atoms with van der Waals surface area (Å²) in [4.78, 5) is 15.6. The van der Waals surface area contributed by atoms with Crippen molar-refractivity contribution >= 4 is 0 Å². The van der Waals surface area contributed by atoms with Crippen molar-refractivity contribution < 1.29 is 0 Å². The number of unbranched alkanes of at least 4 members (excludes halogenated alkanes) is 1. The lowest BCUT2D eigenvalue weighted by molar-refractivity contribution is 0.488. The predicted molar refractivity (Wildman–Crippen MR) is 97.2 cm³/mol. The summed E-state index contributed by atoms with van der Waals surface area (Å²) in [7, 11) is 0. The highest BCUT2D eigenvalue weighted by Gasteiger charge is 2.26. The number of nitriles is 1. The molecule has 0 bridgehead atoms. The van der Waals surface area contributed by atoms with Gasteiger partial charge in [0.1, 0.15) is 11.6 Å². The molecule has 0 spiro atoms. The van der Waals surface area contributed by atoms with Crippen molar-refractivity contribution in [1.82, 2.24) is 4.98 Å². The molecule has 0 saturated carbocycles. The number of hydrogen-bond acceptors (Lipinski definition) is 2. The van der Waals surface area contributed by atoms with E-state index in [1.54, 1.807) is 0 Å². The molecular formula is C21H24N2O. The molecule has 1 unspecified atom stereocenters. The Morgan fingerprint density at radius 1 is 1.29 bits per heavy atom. The normalized spacial score (nSPS) is 16.5. The molecule has 2 aromatic rings. The number of H-pyrrole nitrogens is 1. The Kier molecular flexibility index (Phi) is 4.85. The minimum Gasteiger partial charge on any atom is -0.324 e. The van der Waals surface area contributed by atoms with Crippen LogP contribution in [-0.4, -0.2) is 4.98 Å². The van der Waals surface area contributed by atoms with E-state index in [0.717, 1.165) is 48.9 Å². The number of aromatic nitrogens is 1. The van der Waals surface area contributed by atoms with Gasteiger partial charge < -0.3 is 4.98 Å². The highest BCUT2D eigenvalue weighted by atomic mass is 16.1. The quantitative estimate of drug-likeness (QED) is 0.877. The Balaban J connectivity index is 2.20. The molecule has 0 fully saturated rings. The van der Waals surface area contributed by atoms with E-state index in [2.05, 4.69) is 18.0 Å². The second-order valence-corrected chi connectivity index (χ2v) is 6.81. The van der Waals surface area contributed by atoms with Crippen molar-refractivity contribution in [1.29, 1.82) is 5.26 Å². The summed E-state index contributed by atoms with van der Waals surface area (Å²) in [5, 5.41) is 9.55. The second-order valence-electron chi connectivity index (χ2n) is 6.81. The number of hydrogen-bond donors (Lipinski definition) is 1. The van der Waals surface area contributed by atoms with Crippen LogP contribution in [0.2, 0.25) is 0 Å². The van der Waals surface area contributed by atoms with E-state index in [1.165, 1.54) is 17.5 Å². The first-order valence-corrected chi connectivity index (χ1v) is 8.91. The van der Waals surface area contributed by atoms with E-state index in [9.17, 15) is 10.1 Å². The third-order valence-corrected chi connectivity index (χ3v) is 5.10. The van der Waals surface area contributed by atoms with Crippen LogP contribution in [0, 0.1) is 18.3 Å². The van der Waals surface area contributed by atoms with Crippen LogP contribution in [0.25, 0.3) is 11.1 Å². The van der Waals surface area contributed by atoms with Gasteiger partial charge in [0.25, 0.3) is 5.56 Å². The van der Waals surface area contributed by atoms with Gasteiger partial charge in [-0.05, 0) is 49.7 Å². The number of benzene rings is 1. The van der Waals surface area contributed by atoms with Crippen molar-refractivity contribution in [2.45, 2.75) is 58.3 Å². The summed E-state index contributed by atoms with van der Waals surface area (Å²) < 4.78 is 0. The number of nitrogens with one attached hydrogen (secondary N) is 1. The monoisotopic (exact) mass is 320 g/mol. The molecule has 0 radical (unpaired) electrons. The molecule has 0 saturated heterocycles. The molecule has 1 atom stereocenters. The first kappa shape index (κ1) is 16.5. The Hall–Kier alpha value is -2.34. The van der Waals surface area contributed by atoms with E-state index in [0.29, 0.717) is 5.92 Å². The van der Waals surface area contributed by atoms with Crippen LogP contribution in [0.3, 0.4) is 0 Å². The summed E-state index contributed by atoms with van der Waals surface area (Å²) in [6, 6.07) is 10.3. The van der Waals surface area contributed by atoms with Crippen LogP contribution in [0.1, 0.15) is 67.3 Å². The van der Waals surface area contributed by atoms with Gasteiger partial charge in [0.2, 0.25) is 0 Å². The van der Waals surface area contributed by atoms with Crippen LogP contribution in [0.4, 0.5) is 0 Å².